The maximum Gasteiger partial charge on any atom is 0.191 e. The van der Waals surface area contributed by atoms with Gasteiger partial charge in [-0.25, -0.2) is 0 Å². The highest BCUT2D eigenvalue weighted by Crippen LogP contribution is 2.13. The summed E-state index contributed by atoms with van der Waals surface area (Å²) in [5.74, 6) is 0.818. The SMILES string of the molecule is CCN(CC)C(N)=NCCCc1[nH]nc(N)c1C#N.I. The summed E-state index contributed by atoms with van der Waals surface area (Å²) in [7, 11) is 0. The molecule has 0 atom stereocenters. The molecule has 0 saturated carbocycles. The van der Waals surface area contributed by atoms with Gasteiger partial charge in [0.05, 0.1) is 5.69 Å². The maximum atomic E-state index is 8.93. The Morgan fingerprint density at radius 2 is 2.10 bits per heavy atom. The predicted molar refractivity (Wildman–Crippen MR) is 90.9 cm³/mol. The fraction of sp³-hybridized carbons (Fsp3) is 0.583. The standard InChI is InChI=1S/C12H21N7.HI/c1-3-19(4-2)12(15)16-7-5-6-10-9(8-13)11(14)18-17-10;/h3-7H2,1-2H3,(H2,15,16)(H3,14,17,18);1H. The monoisotopic (exact) mass is 391 g/mol. The molecular weight excluding hydrogens is 369 g/mol. The van der Waals surface area contributed by atoms with Crippen LogP contribution in [0.2, 0.25) is 0 Å². The minimum absolute atomic E-state index is 0. The lowest BCUT2D eigenvalue weighted by Gasteiger charge is -2.19. The molecule has 1 heterocycles. The fourth-order valence-electron chi connectivity index (χ4n) is 1.80. The van der Waals surface area contributed by atoms with Crippen molar-refractivity contribution < 1.29 is 0 Å². The second kappa shape index (κ2) is 9.41. The van der Waals surface area contributed by atoms with Gasteiger partial charge < -0.3 is 16.4 Å². The molecule has 20 heavy (non-hydrogen) atoms. The van der Waals surface area contributed by atoms with Gasteiger partial charge in [0.25, 0.3) is 0 Å². The average Bonchev–Trinajstić information content (AvgIpc) is 2.76. The number of nitrogens with zero attached hydrogens (tertiary/aromatic N) is 4. The molecular formula is C12H22IN7. The predicted octanol–water partition coefficient (Wildman–Crippen LogP) is 1.07. The summed E-state index contributed by atoms with van der Waals surface area (Å²) in [4.78, 5) is 6.31. The van der Waals surface area contributed by atoms with Crippen molar-refractivity contribution in [3.8, 4) is 6.07 Å². The smallest absolute Gasteiger partial charge is 0.191 e. The zero-order valence-corrected chi connectivity index (χ0v) is 14.2. The van der Waals surface area contributed by atoms with Crippen LogP contribution in [0.5, 0.6) is 0 Å². The molecule has 112 valence electrons. The van der Waals surface area contributed by atoms with Crippen LogP contribution < -0.4 is 11.5 Å². The van der Waals surface area contributed by atoms with E-state index < -0.39 is 0 Å². The van der Waals surface area contributed by atoms with Gasteiger partial charge in [0.15, 0.2) is 11.8 Å². The first-order chi connectivity index (χ1) is 9.13. The highest BCUT2D eigenvalue weighted by molar-refractivity contribution is 14.0. The van der Waals surface area contributed by atoms with Gasteiger partial charge in [0.1, 0.15) is 11.6 Å². The van der Waals surface area contributed by atoms with E-state index in [4.69, 9.17) is 16.7 Å². The van der Waals surface area contributed by atoms with Crippen molar-refractivity contribution >= 4 is 35.8 Å². The number of nitrogens with one attached hydrogen (secondary N) is 1. The largest absolute Gasteiger partial charge is 0.381 e. The van der Waals surface area contributed by atoms with Crippen molar-refractivity contribution in [1.82, 2.24) is 15.1 Å². The van der Waals surface area contributed by atoms with Crippen LogP contribution in [0.1, 0.15) is 31.5 Å². The lowest BCUT2D eigenvalue weighted by atomic mass is 10.1. The Hall–Kier alpha value is -1.50. The van der Waals surface area contributed by atoms with Gasteiger partial charge in [0.2, 0.25) is 0 Å². The molecule has 0 bridgehead atoms. The molecule has 0 aliphatic rings. The molecule has 7 nitrogen and oxygen atoms in total. The molecule has 1 aromatic heterocycles. The summed E-state index contributed by atoms with van der Waals surface area (Å²) in [5, 5.41) is 15.5. The van der Waals surface area contributed by atoms with E-state index in [1.165, 1.54) is 0 Å². The van der Waals surface area contributed by atoms with E-state index in [0.29, 0.717) is 24.5 Å². The van der Waals surface area contributed by atoms with Crippen LogP contribution in [-0.4, -0.2) is 40.7 Å². The minimum Gasteiger partial charge on any atom is -0.381 e. The highest BCUT2D eigenvalue weighted by Gasteiger charge is 2.09. The van der Waals surface area contributed by atoms with E-state index in [1.54, 1.807) is 0 Å². The Morgan fingerprint density at radius 1 is 1.45 bits per heavy atom. The lowest BCUT2D eigenvalue weighted by Crippen LogP contribution is -2.37. The molecule has 0 radical (unpaired) electrons. The third-order valence-electron chi connectivity index (χ3n) is 2.93. The summed E-state index contributed by atoms with van der Waals surface area (Å²) in [6.45, 7) is 6.39. The number of guanidine groups is 1. The number of nitriles is 1. The van der Waals surface area contributed by atoms with E-state index in [1.807, 2.05) is 24.8 Å². The Morgan fingerprint density at radius 3 is 2.65 bits per heavy atom. The molecule has 0 saturated heterocycles. The molecule has 0 unspecified atom stereocenters. The summed E-state index contributed by atoms with van der Waals surface area (Å²) in [5.41, 5.74) is 12.6. The Balaban J connectivity index is 0.00000361. The third-order valence-corrected chi connectivity index (χ3v) is 2.93. The van der Waals surface area contributed by atoms with E-state index in [-0.39, 0.29) is 29.8 Å². The first-order valence-electron chi connectivity index (χ1n) is 6.41. The minimum atomic E-state index is 0. The Kier molecular flexibility index (Phi) is 8.71. The second-order valence-corrected chi connectivity index (χ2v) is 4.09. The van der Waals surface area contributed by atoms with E-state index in [2.05, 4.69) is 15.2 Å². The van der Waals surface area contributed by atoms with Crippen LogP contribution in [0.4, 0.5) is 5.82 Å². The zero-order chi connectivity index (χ0) is 14.3. The number of aromatic amines is 1. The number of halogens is 1. The zero-order valence-electron chi connectivity index (χ0n) is 11.9. The quantitative estimate of drug-likeness (QED) is 0.290. The van der Waals surface area contributed by atoms with Crippen LogP contribution >= 0.6 is 24.0 Å². The molecule has 8 heteroatoms. The van der Waals surface area contributed by atoms with Gasteiger partial charge in [-0.05, 0) is 26.7 Å². The molecule has 0 fully saturated rings. The molecule has 0 aromatic carbocycles. The van der Waals surface area contributed by atoms with Crippen LogP contribution in [0.15, 0.2) is 4.99 Å². The van der Waals surface area contributed by atoms with E-state index in [0.717, 1.165) is 25.2 Å². The number of rotatable bonds is 6. The molecule has 0 aliphatic heterocycles. The molecule has 5 N–H and O–H groups in total. The van der Waals surface area contributed by atoms with Crippen LogP contribution in [-0.2, 0) is 6.42 Å². The number of nitrogens with two attached hydrogens (primary N) is 2. The number of anilines is 1. The topological polar surface area (TPSA) is 120 Å². The van der Waals surface area contributed by atoms with Crippen molar-refractivity contribution in [2.45, 2.75) is 26.7 Å². The fourth-order valence-corrected chi connectivity index (χ4v) is 1.80. The number of aryl methyl sites for hydroxylation is 1. The highest BCUT2D eigenvalue weighted by atomic mass is 127. The number of nitrogen functional groups attached to an aromatic ring is 1. The van der Waals surface area contributed by atoms with Crippen LogP contribution in [0.3, 0.4) is 0 Å². The van der Waals surface area contributed by atoms with Crippen molar-refractivity contribution in [3.05, 3.63) is 11.3 Å². The number of aliphatic imine (C=N–C) groups is 1. The Labute approximate surface area is 136 Å². The number of hydrogen-bond donors (Lipinski definition) is 3. The molecule has 1 rings (SSSR count). The summed E-state index contributed by atoms with van der Waals surface area (Å²) < 4.78 is 0. The number of aromatic nitrogens is 2. The maximum absolute atomic E-state index is 8.93. The van der Waals surface area contributed by atoms with Gasteiger partial charge in [-0.3, -0.25) is 10.1 Å². The van der Waals surface area contributed by atoms with Crippen molar-refractivity contribution in [1.29, 1.82) is 5.26 Å². The van der Waals surface area contributed by atoms with Crippen molar-refractivity contribution in [2.75, 3.05) is 25.4 Å². The van der Waals surface area contributed by atoms with E-state index in [9.17, 15) is 0 Å². The first-order valence-corrected chi connectivity index (χ1v) is 6.41. The molecule has 0 aliphatic carbocycles. The van der Waals surface area contributed by atoms with Crippen molar-refractivity contribution in [3.63, 3.8) is 0 Å². The second-order valence-electron chi connectivity index (χ2n) is 4.09. The summed E-state index contributed by atoms with van der Waals surface area (Å²) >= 11 is 0. The number of hydrogen-bond acceptors (Lipinski definition) is 4. The van der Waals surface area contributed by atoms with Gasteiger partial charge in [-0.15, -0.1) is 24.0 Å². The normalized spacial score (nSPS) is 10.8. The van der Waals surface area contributed by atoms with Crippen LogP contribution in [0, 0.1) is 11.3 Å². The van der Waals surface area contributed by atoms with Crippen molar-refractivity contribution in [2.24, 2.45) is 10.7 Å². The Bertz CT molecular complexity index is 471. The summed E-state index contributed by atoms with van der Waals surface area (Å²) in [6, 6.07) is 2.04. The van der Waals surface area contributed by atoms with Gasteiger partial charge in [0, 0.05) is 19.6 Å². The van der Waals surface area contributed by atoms with E-state index >= 15 is 0 Å². The number of H-pyrrole nitrogens is 1. The molecule has 0 amide bonds. The van der Waals surface area contributed by atoms with Gasteiger partial charge >= 0.3 is 0 Å². The van der Waals surface area contributed by atoms with Gasteiger partial charge in [-0.2, -0.15) is 10.4 Å². The summed E-state index contributed by atoms with van der Waals surface area (Å²) in [6.07, 6.45) is 1.47. The third kappa shape index (κ3) is 4.88. The van der Waals surface area contributed by atoms with Crippen LogP contribution in [0.25, 0.3) is 0 Å². The molecule has 0 spiro atoms. The van der Waals surface area contributed by atoms with Gasteiger partial charge in [-0.1, -0.05) is 0 Å². The first kappa shape index (κ1) is 18.5. The average molecular weight is 391 g/mol. The molecule has 1 aromatic rings. The lowest BCUT2D eigenvalue weighted by molar-refractivity contribution is 0.458.